The molecule has 0 aromatic heterocycles. The SMILES string of the molecule is COc1ccc(CNC(=O)C/C(C)=N\NC(=O)c2ccc(C(C)(C)C)cc2)cc1. The molecule has 2 aromatic carbocycles. The molecule has 0 aliphatic heterocycles. The van der Waals surface area contributed by atoms with Crippen LogP contribution in [0.15, 0.2) is 53.6 Å². The lowest BCUT2D eigenvalue weighted by Gasteiger charge is -2.18. The summed E-state index contributed by atoms with van der Waals surface area (Å²) in [5.41, 5.74) is 5.71. The number of ether oxygens (including phenoxy) is 1. The number of carbonyl (C=O) groups is 2. The van der Waals surface area contributed by atoms with Gasteiger partial charge in [-0.15, -0.1) is 0 Å². The summed E-state index contributed by atoms with van der Waals surface area (Å²) in [5.74, 6) is 0.307. The summed E-state index contributed by atoms with van der Waals surface area (Å²) in [7, 11) is 1.61. The minimum atomic E-state index is -0.302. The van der Waals surface area contributed by atoms with Crippen LogP contribution in [-0.2, 0) is 16.8 Å². The largest absolute Gasteiger partial charge is 0.497 e. The van der Waals surface area contributed by atoms with Crippen molar-refractivity contribution < 1.29 is 14.3 Å². The molecule has 6 nitrogen and oxygen atoms in total. The highest BCUT2D eigenvalue weighted by molar-refractivity contribution is 6.01. The summed E-state index contributed by atoms with van der Waals surface area (Å²) >= 11 is 0. The molecular formula is C23H29N3O3. The van der Waals surface area contributed by atoms with Crippen molar-refractivity contribution in [2.75, 3.05) is 7.11 Å². The Morgan fingerprint density at radius 3 is 2.17 bits per heavy atom. The molecule has 0 radical (unpaired) electrons. The summed E-state index contributed by atoms with van der Waals surface area (Å²) in [6.45, 7) is 8.48. The molecule has 0 saturated heterocycles. The predicted molar refractivity (Wildman–Crippen MR) is 115 cm³/mol. The molecule has 154 valence electrons. The van der Waals surface area contributed by atoms with Gasteiger partial charge in [0.25, 0.3) is 5.91 Å². The van der Waals surface area contributed by atoms with E-state index in [4.69, 9.17) is 4.74 Å². The van der Waals surface area contributed by atoms with Gasteiger partial charge in [-0.2, -0.15) is 5.10 Å². The molecule has 0 spiro atoms. The van der Waals surface area contributed by atoms with Crippen LogP contribution in [0.25, 0.3) is 0 Å². The average molecular weight is 396 g/mol. The van der Waals surface area contributed by atoms with Crippen molar-refractivity contribution in [1.29, 1.82) is 0 Å². The second-order valence-corrected chi connectivity index (χ2v) is 7.92. The van der Waals surface area contributed by atoms with Gasteiger partial charge in [-0.05, 0) is 47.7 Å². The molecule has 2 N–H and O–H groups in total. The first-order chi connectivity index (χ1) is 13.7. The highest BCUT2D eigenvalue weighted by atomic mass is 16.5. The molecule has 2 aromatic rings. The van der Waals surface area contributed by atoms with Crippen molar-refractivity contribution in [3.63, 3.8) is 0 Å². The third-order valence-corrected chi connectivity index (χ3v) is 4.43. The molecule has 0 saturated carbocycles. The second-order valence-electron chi connectivity index (χ2n) is 7.92. The third-order valence-electron chi connectivity index (χ3n) is 4.43. The fourth-order valence-electron chi connectivity index (χ4n) is 2.61. The van der Waals surface area contributed by atoms with Gasteiger partial charge in [0, 0.05) is 17.8 Å². The van der Waals surface area contributed by atoms with Crippen LogP contribution in [0.1, 0.15) is 55.6 Å². The normalized spacial score (nSPS) is 11.7. The number of benzene rings is 2. The molecular weight excluding hydrogens is 366 g/mol. The summed E-state index contributed by atoms with van der Waals surface area (Å²) in [6.07, 6.45) is 0.111. The first kappa shape index (κ1) is 22.1. The Balaban J connectivity index is 1.82. The van der Waals surface area contributed by atoms with Crippen LogP contribution in [0.4, 0.5) is 0 Å². The lowest BCUT2D eigenvalue weighted by molar-refractivity contribution is -0.120. The zero-order valence-corrected chi connectivity index (χ0v) is 17.7. The molecule has 0 heterocycles. The maximum absolute atomic E-state index is 12.2. The molecule has 0 aliphatic carbocycles. The first-order valence-electron chi connectivity index (χ1n) is 9.52. The molecule has 6 heteroatoms. The minimum Gasteiger partial charge on any atom is -0.497 e. The van der Waals surface area contributed by atoms with E-state index in [0.717, 1.165) is 16.9 Å². The van der Waals surface area contributed by atoms with Gasteiger partial charge in [0.05, 0.1) is 13.5 Å². The van der Waals surface area contributed by atoms with Crippen LogP contribution >= 0.6 is 0 Å². The fraction of sp³-hybridized carbons (Fsp3) is 0.348. The topological polar surface area (TPSA) is 79.8 Å². The predicted octanol–water partition coefficient (Wildman–Crippen LogP) is 3.80. The van der Waals surface area contributed by atoms with Gasteiger partial charge >= 0.3 is 0 Å². The Labute approximate surface area is 172 Å². The maximum atomic E-state index is 12.2. The van der Waals surface area contributed by atoms with E-state index in [1.807, 2.05) is 36.4 Å². The zero-order chi connectivity index (χ0) is 21.4. The van der Waals surface area contributed by atoms with Crippen LogP contribution in [-0.4, -0.2) is 24.6 Å². The van der Waals surface area contributed by atoms with E-state index in [1.54, 1.807) is 26.2 Å². The number of rotatable bonds is 7. The van der Waals surface area contributed by atoms with Gasteiger partial charge in [0.2, 0.25) is 5.91 Å². The number of nitrogens with one attached hydrogen (secondary N) is 2. The molecule has 0 aliphatic rings. The van der Waals surface area contributed by atoms with E-state index in [9.17, 15) is 9.59 Å². The number of hydrogen-bond donors (Lipinski definition) is 2. The average Bonchev–Trinajstić information content (AvgIpc) is 2.70. The molecule has 2 rings (SSSR count). The van der Waals surface area contributed by atoms with Crippen molar-refractivity contribution in [2.45, 2.75) is 46.1 Å². The van der Waals surface area contributed by atoms with Crippen LogP contribution in [0.5, 0.6) is 5.75 Å². The van der Waals surface area contributed by atoms with Crippen molar-refractivity contribution >= 4 is 17.5 Å². The van der Waals surface area contributed by atoms with Gasteiger partial charge in [-0.25, -0.2) is 5.43 Å². The van der Waals surface area contributed by atoms with Crippen molar-refractivity contribution in [2.24, 2.45) is 5.10 Å². The van der Waals surface area contributed by atoms with Gasteiger partial charge in [0.1, 0.15) is 5.75 Å². The number of hydrazone groups is 1. The fourth-order valence-corrected chi connectivity index (χ4v) is 2.61. The Morgan fingerprint density at radius 2 is 1.62 bits per heavy atom. The lowest BCUT2D eigenvalue weighted by Crippen LogP contribution is -2.26. The van der Waals surface area contributed by atoms with Crippen LogP contribution in [0.3, 0.4) is 0 Å². The van der Waals surface area contributed by atoms with E-state index in [1.165, 1.54) is 0 Å². The monoisotopic (exact) mass is 395 g/mol. The number of methoxy groups -OCH3 is 1. The Morgan fingerprint density at radius 1 is 1.00 bits per heavy atom. The van der Waals surface area contributed by atoms with Crippen LogP contribution < -0.4 is 15.5 Å². The van der Waals surface area contributed by atoms with Crippen molar-refractivity contribution in [1.82, 2.24) is 10.7 Å². The van der Waals surface area contributed by atoms with Crippen LogP contribution in [0.2, 0.25) is 0 Å². The zero-order valence-electron chi connectivity index (χ0n) is 17.7. The number of carbonyl (C=O) groups excluding carboxylic acids is 2. The van der Waals surface area contributed by atoms with Crippen molar-refractivity contribution in [3.05, 3.63) is 65.2 Å². The quantitative estimate of drug-likeness (QED) is 0.553. The molecule has 29 heavy (non-hydrogen) atoms. The van der Waals surface area contributed by atoms with E-state index in [2.05, 4.69) is 36.6 Å². The number of nitrogens with zero attached hydrogens (tertiary/aromatic N) is 1. The summed E-state index contributed by atoms with van der Waals surface area (Å²) in [4.78, 5) is 24.3. The maximum Gasteiger partial charge on any atom is 0.271 e. The summed E-state index contributed by atoms with van der Waals surface area (Å²) in [5, 5.41) is 6.86. The molecule has 2 amide bonds. The highest BCUT2D eigenvalue weighted by Crippen LogP contribution is 2.22. The minimum absolute atomic E-state index is 0.0307. The Bertz CT molecular complexity index is 864. The summed E-state index contributed by atoms with van der Waals surface area (Å²) < 4.78 is 5.11. The summed E-state index contributed by atoms with van der Waals surface area (Å²) in [6, 6.07) is 14.9. The molecule has 0 fully saturated rings. The van der Waals surface area contributed by atoms with E-state index < -0.39 is 0 Å². The number of hydrogen-bond acceptors (Lipinski definition) is 4. The lowest BCUT2D eigenvalue weighted by atomic mass is 9.87. The number of amides is 2. The van der Waals surface area contributed by atoms with E-state index >= 15 is 0 Å². The smallest absolute Gasteiger partial charge is 0.271 e. The highest BCUT2D eigenvalue weighted by Gasteiger charge is 2.14. The second kappa shape index (κ2) is 9.87. The first-order valence-corrected chi connectivity index (χ1v) is 9.52. The van der Waals surface area contributed by atoms with E-state index in [-0.39, 0.29) is 23.7 Å². The van der Waals surface area contributed by atoms with Crippen LogP contribution in [0, 0.1) is 0 Å². The Kier molecular flexibility index (Phi) is 7.53. The van der Waals surface area contributed by atoms with Gasteiger partial charge in [-0.1, -0.05) is 45.0 Å². The van der Waals surface area contributed by atoms with Gasteiger partial charge in [-0.3, -0.25) is 9.59 Å². The molecule has 0 atom stereocenters. The van der Waals surface area contributed by atoms with Gasteiger partial charge in [0.15, 0.2) is 0 Å². The standard InChI is InChI=1S/C23H29N3O3/c1-16(14-21(27)24-15-17-6-12-20(29-5)13-7-17)25-26-22(28)18-8-10-19(11-9-18)23(2,3)4/h6-13H,14-15H2,1-5H3,(H,24,27)(H,26,28)/b25-16-. The Hall–Kier alpha value is -3.15. The third kappa shape index (κ3) is 7.07. The van der Waals surface area contributed by atoms with Crippen molar-refractivity contribution in [3.8, 4) is 5.75 Å². The van der Waals surface area contributed by atoms with Gasteiger partial charge < -0.3 is 10.1 Å². The molecule has 0 bridgehead atoms. The molecule has 0 unspecified atom stereocenters. The van der Waals surface area contributed by atoms with E-state index in [0.29, 0.717) is 17.8 Å².